The fourth-order valence-corrected chi connectivity index (χ4v) is 9.00. The first-order valence-corrected chi connectivity index (χ1v) is 15.1. The molecule has 1 aromatic carbocycles. The van der Waals surface area contributed by atoms with Crippen LogP contribution in [0.4, 0.5) is 0 Å². The molecule has 210 valence electrons. The molecule has 1 N–H and O–H groups in total. The van der Waals surface area contributed by atoms with E-state index in [4.69, 9.17) is 13.7 Å². The predicted octanol–water partition coefficient (Wildman–Crippen LogP) is 3.82. The van der Waals surface area contributed by atoms with Crippen LogP contribution in [0.15, 0.2) is 29.2 Å². The summed E-state index contributed by atoms with van der Waals surface area (Å²) in [5.41, 5.74) is -0.813. The Balaban J connectivity index is 1.46. The largest absolute Gasteiger partial charge is 0.460 e. The second-order valence-electron chi connectivity index (χ2n) is 12.7. The molecule has 3 unspecified atom stereocenters. The van der Waals surface area contributed by atoms with Crippen LogP contribution in [-0.2, 0) is 33.4 Å². The van der Waals surface area contributed by atoms with Gasteiger partial charge in [0.1, 0.15) is 11.9 Å². The third-order valence-corrected chi connectivity index (χ3v) is 12.1. The van der Waals surface area contributed by atoms with E-state index in [2.05, 4.69) is 20.8 Å². The molecule has 9 heteroatoms. The normalized spacial score (nSPS) is 42.6. The van der Waals surface area contributed by atoms with Crippen LogP contribution in [0.1, 0.15) is 65.4 Å². The van der Waals surface area contributed by atoms with Crippen molar-refractivity contribution in [1.82, 2.24) is 0 Å². The molecule has 3 saturated carbocycles. The van der Waals surface area contributed by atoms with Crippen molar-refractivity contribution in [2.75, 3.05) is 13.2 Å². The number of epoxide rings is 1. The van der Waals surface area contributed by atoms with Crippen LogP contribution in [0.3, 0.4) is 0 Å². The molecule has 4 fully saturated rings. The second kappa shape index (κ2) is 9.39. The summed E-state index contributed by atoms with van der Waals surface area (Å²) in [5.74, 6) is -1.00. The van der Waals surface area contributed by atoms with E-state index in [0.717, 1.165) is 24.8 Å². The van der Waals surface area contributed by atoms with Crippen molar-refractivity contribution in [2.24, 2.45) is 34.0 Å². The Morgan fingerprint density at radius 2 is 1.82 bits per heavy atom. The lowest BCUT2D eigenvalue weighted by Gasteiger charge is -2.62. The molecule has 1 aliphatic heterocycles. The number of carbonyl (C=O) groups is 2. The average molecular weight is 549 g/mol. The van der Waals surface area contributed by atoms with E-state index in [1.54, 1.807) is 12.1 Å². The number of ketones is 1. The fraction of sp³-hybridized carbons (Fsp3) is 0.724. The Morgan fingerprint density at radius 3 is 2.45 bits per heavy atom. The first kappa shape index (κ1) is 27.7. The highest BCUT2D eigenvalue weighted by molar-refractivity contribution is 7.86. The van der Waals surface area contributed by atoms with Crippen LogP contribution in [0.25, 0.3) is 0 Å². The Hall–Kier alpha value is -1.81. The number of aryl methyl sites for hydroxylation is 1. The van der Waals surface area contributed by atoms with Crippen LogP contribution >= 0.6 is 0 Å². The summed E-state index contributed by atoms with van der Waals surface area (Å²) >= 11 is 0. The number of ether oxygens (including phenoxy) is 2. The van der Waals surface area contributed by atoms with Gasteiger partial charge in [-0.2, -0.15) is 8.42 Å². The molecule has 4 aliphatic rings. The zero-order valence-electron chi connectivity index (χ0n) is 22.9. The van der Waals surface area contributed by atoms with E-state index in [1.165, 1.54) is 12.1 Å². The van der Waals surface area contributed by atoms with Gasteiger partial charge in [0.25, 0.3) is 10.1 Å². The zero-order chi connectivity index (χ0) is 27.7. The van der Waals surface area contributed by atoms with Crippen LogP contribution in [-0.4, -0.2) is 56.8 Å². The van der Waals surface area contributed by atoms with Crippen LogP contribution in [0.2, 0.25) is 0 Å². The third-order valence-electron chi connectivity index (χ3n) is 10.8. The van der Waals surface area contributed by atoms with E-state index >= 15 is 0 Å². The Labute approximate surface area is 225 Å². The first-order valence-electron chi connectivity index (χ1n) is 13.7. The molecule has 1 heterocycles. The first-order chi connectivity index (χ1) is 17.8. The van der Waals surface area contributed by atoms with Crippen molar-refractivity contribution in [3.63, 3.8) is 0 Å². The number of Topliss-reactive ketones (excluding diaryl/α,β-unsaturated/α-hetero) is 1. The van der Waals surface area contributed by atoms with Gasteiger partial charge >= 0.3 is 5.97 Å². The maximum absolute atomic E-state index is 13.5. The summed E-state index contributed by atoms with van der Waals surface area (Å²) in [6, 6.07) is 6.19. The molecule has 5 rings (SSSR count). The lowest BCUT2D eigenvalue weighted by Crippen LogP contribution is -2.64. The molecule has 1 saturated heterocycles. The standard InChI is InChI=1S/C29H40O8S/c1-17-6-8-20(9-7-17)38(33,34)36-16-24(31)37-22-14-27(4,23-15-35-23)26(32)19(3)29-12-10-18(2)28(22,5)25(29)21(30)11-13-29/h6-9,18-19,22-23,25-26,32H,10-16H2,1-5H3/t18?,19-,22+,23?,25?,26-,27+,28-,29-/m0/s1. The molecule has 8 nitrogen and oxygen atoms in total. The lowest BCUT2D eigenvalue weighted by molar-refractivity contribution is -0.214. The van der Waals surface area contributed by atoms with Crippen molar-refractivity contribution in [3.8, 4) is 0 Å². The summed E-state index contributed by atoms with van der Waals surface area (Å²) in [6.45, 7) is 9.84. The molecule has 0 spiro atoms. The van der Waals surface area contributed by atoms with Crippen LogP contribution in [0.5, 0.6) is 0 Å². The van der Waals surface area contributed by atoms with Gasteiger partial charge in [-0.25, -0.2) is 4.79 Å². The highest BCUT2D eigenvalue weighted by Gasteiger charge is 2.70. The Bertz CT molecular complexity index is 1210. The molecular weight excluding hydrogens is 508 g/mol. The number of carbonyl (C=O) groups excluding carboxylic acids is 2. The highest BCUT2D eigenvalue weighted by atomic mass is 32.2. The number of aliphatic hydroxyl groups is 1. The minimum Gasteiger partial charge on any atom is -0.460 e. The van der Waals surface area contributed by atoms with Gasteiger partial charge in [-0.15, -0.1) is 0 Å². The fourth-order valence-electron chi connectivity index (χ4n) is 8.14. The molecular formula is C29H40O8S. The number of hydrogen-bond acceptors (Lipinski definition) is 8. The maximum atomic E-state index is 13.5. The van der Waals surface area contributed by atoms with Crippen LogP contribution < -0.4 is 0 Å². The molecule has 0 radical (unpaired) electrons. The van der Waals surface area contributed by atoms with E-state index in [9.17, 15) is 23.1 Å². The molecule has 0 aromatic heterocycles. The summed E-state index contributed by atoms with van der Waals surface area (Å²) in [4.78, 5) is 26.7. The molecule has 38 heavy (non-hydrogen) atoms. The van der Waals surface area contributed by atoms with E-state index in [0.29, 0.717) is 19.4 Å². The SMILES string of the molecule is Cc1ccc(S(=O)(=O)OCC(=O)O[C@@H]2C[C@](C)(C3CO3)[C@@H](O)[C@H](C)[C@]34CCC(=O)C3[C@@]2(C)C(C)CC4)cc1. The van der Waals surface area contributed by atoms with Crippen molar-refractivity contribution >= 4 is 21.9 Å². The number of esters is 1. The molecule has 9 atom stereocenters. The quantitative estimate of drug-likeness (QED) is 0.324. The van der Waals surface area contributed by atoms with Crippen molar-refractivity contribution in [1.29, 1.82) is 0 Å². The van der Waals surface area contributed by atoms with Gasteiger partial charge in [-0.3, -0.25) is 8.98 Å². The number of benzene rings is 1. The second-order valence-corrected chi connectivity index (χ2v) is 14.3. The topological polar surface area (TPSA) is 120 Å². The van der Waals surface area contributed by atoms with Gasteiger partial charge in [0.2, 0.25) is 0 Å². The number of hydrogen-bond donors (Lipinski definition) is 1. The van der Waals surface area contributed by atoms with Gasteiger partial charge in [-0.05, 0) is 62.0 Å². The van der Waals surface area contributed by atoms with Crippen molar-refractivity contribution in [2.45, 2.75) is 89.9 Å². The van der Waals surface area contributed by atoms with Crippen molar-refractivity contribution < 1.29 is 36.8 Å². The average Bonchev–Trinajstić information content (AvgIpc) is 3.67. The van der Waals surface area contributed by atoms with Gasteiger partial charge < -0.3 is 14.6 Å². The maximum Gasteiger partial charge on any atom is 0.333 e. The molecule has 1 aromatic rings. The third kappa shape index (κ3) is 4.25. The summed E-state index contributed by atoms with van der Waals surface area (Å²) in [7, 11) is -4.15. The highest BCUT2D eigenvalue weighted by Crippen LogP contribution is 2.68. The Kier molecular flexibility index (Phi) is 6.86. The minimum absolute atomic E-state index is 0.0355. The van der Waals surface area contributed by atoms with Crippen LogP contribution in [0, 0.1) is 40.9 Å². The van der Waals surface area contributed by atoms with Gasteiger partial charge in [0, 0.05) is 23.2 Å². The van der Waals surface area contributed by atoms with E-state index < -0.39 is 45.7 Å². The van der Waals surface area contributed by atoms with E-state index in [-0.39, 0.29) is 40.0 Å². The predicted molar refractivity (Wildman–Crippen MR) is 139 cm³/mol. The Morgan fingerprint density at radius 1 is 1.16 bits per heavy atom. The minimum atomic E-state index is -4.15. The van der Waals surface area contributed by atoms with Gasteiger partial charge in [-0.1, -0.05) is 45.4 Å². The number of aliphatic hydroxyl groups excluding tert-OH is 1. The molecule has 2 bridgehead atoms. The summed E-state index contributed by atoms with van der Waals surface area (Å²) in [6.07, 6.45) is 1.60. The molecule has 0 amide bonds. The summed E-state index contributed by atoms with van der Waals surface area (Å²) < 4.78 is 42.3. The smallest absolute Gasteiger partial charge is 0.333 e. The van der Waals surface area contributed by atoms with Gasteiger partial charge in [0.15, 0.2) is 6.61 Å². The summed E-state index contributed by atoms with van der Waals surface area (Å²) in [5, 5.41) is 11.8. The molecule has 3 aliphatic carbocycles. The van der Waals surface area contributed by atoms with Crippen molar-refractivity contribution in [3.05, 3.63) is 29.8 Å². The number of rotatable bonds is 6. The van der Waals surface area contributed by atoms with E-state index in [1.807, 2.05) is 13.8 Å². The lowest BCUT2D eigenvalue weighted by atomic mass is 9.43. The zero-order valence-corrected chi connectivity index (χ0v) is 23.8. The van der Waals surface area contributed by atoms with Gasteiger partial charge in [0.05, 0.1) is 23.7 Å². The monoisotopic (exact) mass is 548 g/mol.